The van der Waals surface area contributed by atoms with Gasteiger partial charge in [0.25, 0.3) is 0 Å². The number of halogens is 4. The van der Waals surface area contributed by atoms with Crippen molar-refractivity contribution >= 4 is 59.0 Å². The first-order valence-corrected chi connectivity index (χ1v) is 10.1. The highest BCUT2D eigenvalue weighted by Gasteiger charge is 2.21. The summed E-state index contributed by atoms with van der Waals surface area (Å²) in [7, 11) is 0. The van der Waals surface area contributed by atoms with Gasteiger partial charge in [0.05, 0.1) is 17.4 Å². The maximum absolute atomic E-state index is 6.61. The van der Waals surface area contributed by atoms with Crippen molar-refractivity contribution in [2.24, 2.45) is 0 Å². The molecule has 2 N–H and O–H groups in total. The molecule has 0 fully saturated rings. The lowest BCUT2D eigenvalue weighted by atomic mass is 10.0. The van der Waals surface area contributed by atoms with E-state index < -0.39 is 0 Å². The third-order valence-corrected chi connectivity index (χ3v) is 6.19. The number of hydrogen-bond donors (Lipinski definition) is 2. The summed E-state index contributed by atoms with van der Waals surface area (Å²) in [5.74, 6) is 0. The topological polar surface area (TPSA) is 40.7 Å². The molecule has 5 rings (SSSR count). The Hall–Kier alpha value is -1.75. The summed E-state index contributed by atoms with van der Waals surface area (Å²) in [4.78, 5) is 7.41. The number of aromatic nitrogens is 2. The molecule has 1 aliphatic rings. The predicted molar refractivity (Wildman–Crippen MR) is 131 cm³/mol. The molecule has 0 saturated carbocycles. The fraction of sp³-hybridized carbons (Fsp3) is 0.174. The molecule has 0 bridgehead atoms. The highest BCUT2D eigenvalue weighted by molar-refractivity contribution is 6.36. The number of H-pyrrole nitrogens is 1. The van der Waals surface area contributed by atoms with Crippen molar-refractivity contribution in [3.8, 4) is 11.1 Å². The Morgan fingerprint density at radius 3 is 2.23 bits per heavy atom. The first-order valence-electron chi connectivity index (χ1n) is 9.39. The predicted octanol–water partition coefficient (Wildman–Crippen LogP) is 6.64. The van der Waals surface area contributed by atoms with Crippen LogP contribution in [0.2, 0.25) is 10.0 Å². The quantitative estimate of drug-likeness (QED) is 0.343. The molecule has 7 heteroatoms. The number of rotatable bonds is 4. The molecule has 0 atom stereocenters. The largest absolute Gasteiger partial charge is 0.345 e. The summed E-state index contributed by atoms with van der Waals surface area (Å²) in [5.41, 5.74) is 7.82. The van der Waals surface area contributed by atoms with Crippen LogP contribution in [0.25, 0.3) is 22.2 Å². The van der Waals surface area contributed by atoms with Gasteiger partial charge >= 0.3 is 0 Å². The Bertz CT molecular complexity index is 1120. The van der Waals surface area contributed by atoms with E-state index >= 15 is 0 Å². The minimum atomic E-state index is 0. The third kappa shape index (κ3) is 4.46. The molecule has 1 aliphatic carbocycles. The van der Waals surface area contributed by atoms with Gasteiger partial charge < -0.3 is 10.3 Å². The summed E-state index contributed by atoms with van der Waals surface area (Å²) < 4.78 is 0. The maximum Gasteiger partial charge on any atom is 0.0931 e. The van der Waals surface area contributed by atoms with Crippen LogP contribution in [0.4, 0.5) is 0 Å². The number of nitrogens with one attached hydrogen (secondary N) is 2. The van der Waals surface area contributed by atoms with Crippen LogP contribution in [-0.2, 0) is 19.4 Å². The molecule has 0 amide bonds. The first kappa shape index (κ1) is 22.9. The normalized spacial score (nSPS) is 13.0. The zero-order chi connectivity index (χ0) is 19.1. The van der Waals surface area contributed by atoms with Crippen LogP contribution in [0.5, 0.6) is 0 Å². The molecule has 0 unspecified atom stereocenters. The van der Waals surface area contributed by atoms with Gasteiger partial charge in [-0.25, -0.2) is 4.98 Å². The highest BCUT2D eigenvalue weighted by Crippen LogP contribution is 2.33. The Morgan fingerprint density at radius 1 is 0.900 bits per heavy atom. The SMILES string of the molecule is Cl.Cl.Clc1cc(-c2ccc3nc[nH]c3c2)cc(Cl)c1CNC1Cc2ccccc2C1. The molecule has 3 aromatic carbocycles. The number of fused-ring (bicyclic) bond motifs is 2. The fourth-order valence-electron chi connectivity index (χ4n) is 4.00. The Labute approximate surface area is 198 Å². The van der Waals surface area contributed by atoms with Gasteiger partial charge in [0.1, 0.15) is 0 Å². The smallest absolute Gasteiger partial charge is 0.0931 e. The Kier molecular flexibility index (Phi) is 7.33. The molecule has 156 valence electrons. The van der Waals surface area contributed by atoms with E-state index in [0.29, 0.717) is 22.6 Å². The number of aromatic amines is 1. The zero-order valence-corrected chi connectivity index (χ0v) is 19.1. The number of benzene rings is 3. The zero-order valence-electron chi connectivity index (χ0n) is 16.0. The van der Waals surface area contributed by atoms with Gasteiger partial charge in [-0.15, -0.1) is 24.8 Å². The van der Waals surface area contributed by atoms with Crippen molar-refractivity contribution in [2.45, 2.75) is 25.4 Å². The summed E-state index contributed by atoms with van der Waals surface area (Å²) in [6.45, 7) is 0.663. The van der Waals surface area contributed by atoms with E-state index in [9.17, 15) is 0 Å². The molecule has 1 heterocycles. The lowest BCUT2D eigenvalue weighted by Crippen LogP contribution is -2.29. The fourth-order valence-corrected chi connectivity index (χ4v) is 4.62. The number of hydrogen-bond acceptors (Lipinski definition) is 2. The average Bonchev–Trinajstić information content (AvgIpc) is 3.32. The van der Waals surface area contributed by atoms with Crippen LogP contribution < -0.4 is 5.32 Å². The average molecular weight is 481 g/mol. The van der Waals surface area contributed by atoms with Gasteiger partial charge in [0, 0.05) is 28.2 Å². The van der Waals surface area contributed by atoms with E-state index in [1.54, 1.807) is 6.33 Å². The lowest BCUT2D eigenvalue weighted by molar-refractivity contribution is 0.533. The second-order valence-corrected chi connectivity index (χ2v) is 8.12. The van der Waals surface area contributed by atoms with Crippen LogP contribution in [-0.4, -0.2) is 16.0 Å². The van der Waals surface area contributed by atoms with E-state index in [1.807, 2.05) is 24.3 Å². The lowest BCUT2D eigenvalue weighted by Gasteiger charge is -2.15. The minimum absolute atomic E-state index is 0. The summed E-state index contributed by atoms with van der Waals surface area (Å²) in [5, 5.41) is 5.00. The monoisotopic (exact) mass is 479 g/mol. The molecular weight excluding hydrogens is 460 g/mol. The standard InChI is InChI=1S/C23H19Cl2N3.2ClH/c24-20-9-17(16-5-6-22-23(11-16)28-13-27-22)10-21(25)19(20)12-26-18-7-14-3-1-2-4-15(14)8-18;;/h1-6,9-11,13,18,26H,7-8,12H2,(H,27,28);2*1H. The van der Waals surface area contributed by atoms with Crippen LogP contribution in [0.1, 0.15) is 16.7 Å². The van der Waals surface area contributed by atoms with E-state index in [4.69, 9.17) is 23.2 Å². The Morgan fingerprint density at radius 2 is 1.57 bits per heavy atom. The molecule has 0 spiro atoms. The van der Waals surface area contributed by atoms with Gasteiger partial charge in [0.15, 0.2) is 0 Å². The molecule has 3 nitrogen and oxygen atoms in total. The van der Waals surface area contributed by atoms with Crippen molar-refractivity contribution in [2.75, 3.05) is 0 Å². The molecule has 0 aliphatic heterocycles. The highest BCUT2D eigenvalue weighted by atomic mass is 35.5. The van der Waals surface area contributed by atoms with Crippen molar-refractivity contribution in [1.29, 1.82) is 0 Å². The molecular formula is C23H21Cl4N3. The van der Waals surface area contributed by atoms with Crippen LogP contribution >= 0.6 is 48.0 Å². The molecule has 0 radical (unpaired) electrons. The van der Waals surface area contributed by atoms with Gasteiger partial charge in [-0.2, -0.15) is 0 Å². The Balaban J connectivity index is 0.00000128. The number of imidazole rings is 1. The van der Waals surface area contributed by atoms with Gasteiger partial charge in [-0.1, -0.05) is 53.5 Å². The minimum Gasteiger partial charge on any atom is -0.345 e. The van der Waals surface area contributed by atoms with Gasteiger partial charge in [-0.05, 0) is 59.4 Å². The summed E-state index contributed by atoms with van der Waals surface area (Å²) in [6.07, 6.45) is 3.80. The molecule has 1 aromatic heterocycles. The molecule has 30 heavy (non-hydrogen) atoms. The van der Waals surface area contributed by atoms with Crippen LogP contribution in [0.15, 0.2) is 60.9 Å². The van der Waals surface area contributed by atoms with Crippen molar-refractivity contribution < 1.29 is 0 Å². The molecule has 4 aromatic rings. The van der Waals surface area contributed by atoms with E-state index in [1.165, 1.54) is 11.1 Å². The van der Waals surface area contributed by atoms with Gasteiger partial charge in [0.2, 0.25) is 0 Å². The molecule has 0 saturated heterocycles. The first-order chi connectivity index (χ1) is 13.7. The van der Waals surface area contributed by atoms with Crippen molar-refractivity contribution in [1.82, 2.24) is 15.3 Å². The van der Waals surface area contributed by atoms with E-state index in [-0.39, 0.29) is 24.8 Å². The van der Waals surface area contributed by atoms with E-state index in [0.717, 1.165) is 40.6 Å². The van der Waals surface area contributed by atoms with Crippen LogP contribution in [0, 0.1) is 0 Å². The van der Waals surface area contributed by atoms with Gasteiger partial charge in [-0.3, -0.25) is 0 Å². The van der Waals surface area contributed by atoms with Crippen molar-refractivity contribution in [3.05, 3.63) is 87.7 Å². The van der Waals surface area contributed by atoms with Crippen molar-refractivity contribution in [3.63, 3.8) is 0 Å². The van der Waals surface area contributed by atoms with E-state index in [2.05, 4.69) is 45.6 Å². The maximum atomic E-state index is 6.61. The second kappa shape index (κ2) is 9.59. The summed E-state index contributed by atoms with van der Waals surface area (Å²) >= 11 is 13.2. The third-order valence-electron chi connectivity index (χ3n) is 5.51. The second-order valence-electron chi connectivity index (χ2n) is 7.31. The number of nitrogens with zero attached hydrogens (tertiary/aromatic N) is 1. The van der Waals surface area contributed by atoms with Crippen LogP contribution in [0.3, 0.4) is 0 Å². The summed E-state index contributed by atoms with van der Waals surface area (Å²) in [6, 6.07) is 19.1.